The zero-order chi connectivity index (χ0) is 15.3. The molecule has 0 aromatic carbocycles. The zero-order valence-electron chi connectivity index (χ0n) is 13.5. The topological polar surface area (TPSA) is 40.5 Å². The van der Waals surface area contributed by atoms with E-state index in [1.54, 1.807) is 17.8 Å². The normalized spacial score (nSPS) is 20.7. The minimum atomic E-state index is -0.427. The van der Waals surface area contributed by atoms with Crippen molar-refractivity contribution in [1.82, 2.24) is 4.57 Å². The summed E-state index contributed by atoms with van der Waals surface area (Å²) in [6.07, 6.45) is 1.80. The SMILES string of the molecule is CC(C)c1cc(B2OC(C)(C)C(C)(C)O2)cn(C)c1=O. The van der Waals surface area contributed by atoms with Crippen molar-refractivity contribution in [2.24, 2.45) is 7.05 Å². The molecule has 1 fully saturated rings. The summed E-state index contributed by atoms with van der Waals surface area (Å²) in [7, 11) is 1.34. The number of aryl methyl sites for hydroxylation is 1. The standard InChI is InChI=1S/C15H24BNO3/c1-10(2)12-8-11(9-17(7)13(12)18)16-19-14(3,4)15(5,6)20-16/h8-10H,1-7H3. The van der Waals surface area contributed by atoms with Gasteiger partial charge in [0.05, 0.1) is 11.2 Å². The van der Waals surface area contributed by atoms with Gasteiger partial charge in [-0.25, -0.2) is 0 Å². The van der Waals surface area contributed by atoms with Crippen LogP contribution in [0.4, 0.5) is 0 Å². The largest absolute Gasteiger partial charge is 0.496 e. The summed E-state index contributed by atoms with van der Waals surface area (Å²) < 4.78 is 13.7. The lowest BCUT2D eigenvalue weighted by Crippen LogP contribution is -2.41. The molecule has 5 heteroatoms. The lowest BCUT2D eigenvalue weighted by molar-refractivity contribution is 0.00578. The summed E-state index contributed by atoms with van der Waals surface area (Å²) in [5, 5.41) is 0. The third-order valence-corrected chi connectivity index (χ3v) is 4.38. The van der Waals surface area contributed by atoms with Crippen molar-refractivity contribution in [3.8, 4) is 0 Å². The Balaban J connectivity index is 2.44. The number of hydrogen-bond donors (Lipinski definition) is 0. The average Bonchev–Trinajstić information content (AvgIpc) is 2.51. The molecule has 0 saturated carbocycles. The lowest BCUT2D eigenvalue weighted by Gasteiger charge is -2.32. The number of nitrogens with zero attached hydrogens (tertiary/aromatic N) is 1. The Labute approximate surface area is 121 Å². The van der Waals surface area contributed by atoms with Crippen LogP contribution in [0.1, 0.15) is 53.0 Å². The van der Waals surface area contributed by atoms with Crippen molar-refractivity contribution in [3.63, 3.8) is 0 Å². The minimum absolute atomic E-state index is 0.0419. The summed E-state index contributed by atoms with van der Waals surface area (Å²) in [4.78, 5) is 12.1. The maximum absolute atomic E-state index is 12.1. The van der Waals surface area contributed by atoms with Gasteiger partial charge in [0.2, 0.25) is 0 Å². The van der Waals surface area contributed by atoms with Crippen molar-refractivity contribution in [2.75, 3.05) is 0 Å². The Hall–Kier alpha value is -1.07. The fraction of sp³-hybridized carbons (Fsp3) is 0.667. The van der Waals surface area contributed by atoms with Crippen LogP contribution in [0.15, 0.2) is 17.1 Å². The van der Waals surface area contributed by atoms with Crippen LogP contribution >= 0.6 is 0 Å². The van der Waals surface area contributed by atoms with E-state index >= 15 is 0 Å². The van der Waals surface area contributed by atoms with E-state index in [0.29, 0.717) is 0 Å². The van der Waals surface area contributed by atoms with Gasteiger partial charge in [0.15, 0.2) is 0 Å². The molecule has 0 amide bonds. The second-order valence-electron chi connectivity index (χ2n) is 6.89. The van der Waals surface area contributed by atoms with Crippen molar-refractivity contribution in [2.45, 2.75) is 58.7 Å². The second kappa shape index (κ2) is 4.74. The molecular formula is C15H24BNO3. The highest BCUT2D eigenvalue weighted by atomic mass is 16.7. The zero-order valence-corrected chi connectivity index (χ0v) is 13.5. The Kier molecular flexibility index (Phi) is 3.63. The smallest absolute Gasteiger partial charge is 0.399 e. The molecule has 0 N–H and O–H groups in total. The molecule has 1 saturated heterocycles. The quantitative estimate of drug-likeness (QED) is 0.774. The van der Waals surface area contributed by atoms with Crippen LogP contribution < -0.4 is 11.0 Å². The Bertz CT molecular complexity index is 559. The van der Waals surface area contributed by atoms with Crippen LogP contribution in [0, 0.1) is 0 Å². The van der Waals surface area contributed by atoms with E-state index in [-0.39, 0.29) is 22.7 Å². The highest BCUT2D eigenvalue weighted by Crippen LogP contribution is 2.36. The van der Waals surface area contributed by atoms with E-state index < -0.39 is 7.12 Å². The highest BCUT2D eigenvalue weighted by molar-refractivity contribution is 6.62. The summed E-state index contributed by atoms with van der Waals surface area (Å²) in [6, 6.07) is 1.91. The predicted molar refractivity (Wildman–Crippen MR) is 81.5 cm³/mol. The van der Waals surface area contributed by atoms with E-state index in [2.05, 4.69) is 0 Å². The molecule has 110 valence electrons. The molecule has 0 bridgehead atoms. The summed E-state index contributed by atoms with van der Waals surface area (Å²) >= 11 is 0. The number of pyridine rings is 1. The number of aromatic nitrogens is 1. The molecule has 4 nitrogen and oxygen atoms in total. The maximum atomic E-state index is 12.1. The molecular weight excluding hydrogens is 253 g/mol. The predicted octanol–water partition coefficient (Wildman–Crippen LogP) is 1.81. The molecule has 0 unspecified atom stereocenters. The van der Waals surface area contributed by atoms with Gasteiger partial charge in [-0.3, -0.25) is 4.79 Å². The fourth-order valence-electron chi connectivity index (χ4n) is 2.29. The Morgan fingerprint density at radius 2 is 1.65 bits per heavy atom. The Morgan fingerprint density at radius 3 is 2.10 bits per heavy atom. The van der Waals surface area contributed by atoms with Crippen LogP contribution in [0.2, 0.25) is 0 Å². The van der Waals surface area contributed by atoms with Gasteiger partial charge in [-0.05, 0) is 39.1 Å². The van der Waals surface area contributed by atoms with Gasteiger partial charge in [-0.15, -0.1) is 0 Å². The van der Waals surface area contributed by atoms with Crippen LogP contribution in [-0.2, 0) is 16.4 Å². The first-order chi connectivity index (χ1) is 9.05. The molecule has 1 aliphatic rings. The third kappa shape index (κ3) is 2.45. The average molecular weight is 277 g/mol. The van der Waals surface area contributed by atoms with Crippen molar-refractivity contribution >= 4 is 12.6 Å². The monoisotopic (exact) mass is 277 g/mol. The molecule has 2 rings (SSSR count). The van der Waals surface area contributed by atoms with Crippen molar-refractivity contribution < 1.29 is 9.31 Å². The van der Waals surface area contributed by atoms with Crippen LogP contribution in [0.3, 0.4) is 0 Å². The van der Waals surface area contributed by atoms with E-state index in [4.69, 9.17) is 9.31 Å². The first-order valence-electron chi connectivity index (χ1n) is 7.11. The summed E-state index contributed by atoms with van der Waals surface area (Å²) in [6.45, 7) is 12.1. The van der Waals surface area contributed by atoms with Gasteiger partial charge in [0.25, 0.3) is 5.56 Å². The lowest BCUT2D eigenvalue weighted by atomic mass is 9.79. The second-order valence-corrected chi connectivity index (χ2v) is 6.89. The molecule has 1 aromatic heterocycles. The highest BCUT2D eigenvalue weighted by Gasteiger charge is 2.51. The van der Waals surface area contributed by atoms with Gasteiger partial charge in [0, 0.05) is 18.8 Å². The van der Waals surface area contributed by atoms with E-state index in [0.717, 1.165) is 11.0 Å². The minimum Gasteiger partial charge on any atom is -0.399 e. The van der Waals surface area contributed by atoms with E-state index in [9.17, 15) is 4.79 Å². The molecule has 0 radical (unpaired) electrons. The molecule has 2 heterocycles. The van der Waals surface area contributed by atoms with Gasteiger partial charge in [-0.1, -0.05) is 19.9 Å². The molecule has 1 aromatic rings. The van der Waals surface area contributed by atoms with Gasteiger partial charge < -0.3 is 13.9 Å². The van der Waals surface area contributed by atoms with Crippen LogP contribution in [-0.4, -0.2) is 22.9 Å². The molecule has 1 aliphatic heterocycles. The first-order valence-corrected chi connectivity index (χ1v) is 7.11. The molecule has 0 atom stereocenters. The summed E-state index contributed by atoms with van der Waals surface area (Å²) in [5.41, 5.74) is 0.990. The van der Waals surface area contributed by atoms with Crippen molar-refractivity contribution in [1.29, 1.82) is 0 Å². The molecule has 0 aliphatic carbocycles. The van der Waals surface area contributed by atoms with Crippen molar-refractivity contribution in [3.05, 3.63) is 28.2 Å². The van der Waals surface area contributed by atoms with Gasteiger partial charge in [0.1, 0.15) is 0 Å². The summed E-state index contributed by atoms with van der Waals surface area (Å²) in [5.74, 6) is 0.177. The number of hydrogen-bond acceptors (Lipinski definition) is 3. The number of rotatable bonds is 2. The van der Waals surface area contributed by atoms with E-state index in [1.165, 1.54) is 0 Å². The van der Waals surface area contributed by atoms with E-state index in [1.807, 2.05) is 47.6 Å². The first kappa shape index (κ1) is 15.3. The fourth-order valence-corrected chi connectivity index (χ4v) is 2.29. The van der Waals surface area contributed by atoms with Crippen LogP contribution in [0.25, 0.3) is 0 Å². The maximum Gasteiger partial charge on any atom is 0.496 e. The van der Waals surface area contributed by atoms with Gasteiger partial charge in [-0.2, -0.15) is 0 Å². The van der Waals surface area contributed by atoms with Gasteiger partial charge >= 0.3 is 7.12 Å². The Morgan fingerprint density at radius 1 is 1.15 bits per heavy atom. The molecule has 20 heavy (non-hydrogen) atoms. The molecule has 0 spiro atoms. The third-order valence-electron chi connectivity index (χ3n) is 4.38. The van der Waals surface area contributed by atoms with Crippen LogP contribution in [0.5, 0.6) is 0 Å².